The molecule has 4 rings (SSSR count). The van der Waals surface area contributed by atoms with Crippen molar-refractivity contribution in [1.29, 1.82) is 0 Å². The van der Waals surface area contributed by atoms with Gasteiger partial charge >= 0.3 is 0 Å². The number of hydrogen-bond donors (Lipinski definition) is 1. The lowest BCUT2D eigenvalue weighted by atomic mass is 9.88. The Morgan fingerprint density at radius 1 is 1.06 bits per heavy atom. The maximum absolute atomic E-state index is 13.5. The monoisotopic (exact) mass is 507 g/mol. The van der Waals surface area contributed by atoms with Gasteiger partial charge in [-0.25, -0.2) is 4.99 Å². The molecule has 0 spiro atoms. The molecular weight excluding hydrogens is 474 g/mol. The van der Waals surface area contributed by atoms with Gasteiger partial charge in [-0.3, -0.25) is 4.79 Å². The van der Waals surface area contributed by atoms with Crippen molar-refractivity contribution < 1.29 is 19.0 Å². The van der Waals surface area contributed by atoms with E-state index in [2.05, 4.69) is 12.2 Å². The van der Waals surface area contributed by atoms with Crippen LogP contribution in [0.25, 0.3) is 0 Å². The first-order valence-electron chi connectivity index (χ1n) is 11.9. The van der Waals surface area contributed by atoms with E-state index in [1.54, 1.807) is 38.9 Å². The second kappa shape index (κ2) is 11.0. The lowest BCUT2D eigenvalue weighted by Crippen LogP contribution is -2.17. The number of anilines is 2. The Hall–Kier alpha value is -3.52. The van der Waals surface area contributed by atoms with Gasteiger partial charge in [0.2, 0.25) is 5.75 Å². The van der Waals surface area contributed by atoms with E-state index in [-0.39, 0.29) is 5.91 Å². The zero-order chi connectivity index (χ0) is 25.8. The summed E-state index contributed by atoms with van der Waals surface area (Å²) in [7, 11) is 8.72. The summed E-state index contributed by atoms with van der Waals surface area (Å²) >= 11 is 1.60. The van der Waals surface area contributed by atoms with E-state index < -0.39 is 0 Å². The number of thiophene rings is 1. The van der Waals surface area contributed by atoms with Gasteiger partial charge in [0, 0.05) is 42.1 Å². The fourth-order valence-electron chi connectivity index (χ4n) is 4.45. The van der Waals surface area contributed by atoms with Crippen LogP contribution in [0.4, 0.5) is 16.4 Å². The number of aliphatic imine (C=N–C) groups is 1. The number of fused-ring (bicyclic) bond motifs is 1. The summed E-state index contributed by atoms with van der Waals surface area (Å²) in [5, 5.41) is 3.78. The molecule has 1 heterocycles. The van der Waals surface area contributed by atoms with Gasteiger partial charge in [-0.05, 0) is 67.1 Å². The molecular formula is C28H33N3O4S. The number of hydrogen-bond acceptors (Lipinski definition) is 7. The van der Waals surface area contributed by atoms with Gasteiger partial charge in [-0.2, -0.15) is 0 Å². The molecule has 1 aromatic heterocycles. The van der Waals surface area contributed by atoms with Crippen molar-refractivity contribution in [2.45, 2.75) is 26.2 Å². The van der Waals surface area contributed by atoms with Crippen molar-refractivity contribution in [1.82, 2.24) is 0 Å². The molecule has 1 amide bonds. The fourth-order valence-corrected chi connectivity index (χ4v) is 5.80. The number of nitrogens with one attached hydrogen (secondary N) is 1. The first kappa shape index (κ1) is 25.6. The number of ether oxygens (including phenoxy) is 3. The van der Waals surface area contributed by atoms with Crippen molar-refractivity contribution >= 4 is 39.8 Å². The number of methoxy groups -OCH3 is 3. The molecule has 3 aromatic rings. The molecule has 0 saturated heterocycles. The SMILES string of the molecule is COc1ccc(/C=N/c2sc3c(c2C(=O)Nc2ccc(N(C)C)cc2)CCC(C)C3)c(OC)c1OC. The molecule has 2 aromatic carbocycles. The van der Waals surface area contributed by atoms with Crippen molar-refractivity contribution in [3.8, 4) is 17.2 Å². The second-order valence-corrected chi connectivity index (χ2v) is 10.2. The van der Waals surface area contributed by atoms with Crippen molar-refractivity contribution in [2.75, 3.05) is 45.6 Å². The summed E-state index contributed by atoms with van der Waals surface area (Å²) in [5.74, 6) is 2.07. The van der Waals surface area contributed by atoms with E-state index in [0.717, 1.165) is 41.8 Å². The Bertz CT molecular complexity index is 1260. The van der Waals surface area contributed by atoms with Crippen LogP contribution in [-0.4, -0.2) is 47.5 Å². The third kappa shape index (κ3) is 5.18. The van der Waals surface area contributed by atoms with Crippen LogP contribution in [0.5, 0.6) is 17.2 Å². The third-order valence-electron chi connectivity index (χ3n) is 6.42. The Balaban J connectivity index is 1.70. The molecule has 1 N–H and O–H groups in total. The van der Waals surface area contributed by atoms with E-state index in [9.17, 15) is 4.79 Å². The quantitative estimate of drug-likeness (QED) is 0.381. The largest absolute Gasteiger partial charge is 0.493 e. The molecule has 7 nitrogen and oxygen atoms in total. The van der Waals surface area contributed by atoms with E-state index in [4.69, 9.17) is 19.2 Å². The van der Waals surface area contributed by atoms with Gasteiger partial charge in [0.1, 0.15) is 5.00 Å². The predicted octanol–water partition coefficient (Wildman–Crippen LogP) is 5.97. The molecule has 0 fully saturated rings. The standard InChI is InChI=1S/C28H33N3O4S/c1-17-7-13-21-23(15-17)36-28(24(21)27(32)30-19-9-11-20(12-10-19)31(2)3)29-16-18-8-14-22(33-4)26(35-6)25(18)34-5/h8-12,14,16-17H,7,13,15H2,1-6H3,(H,30,32)/b29-16+. The highest BCUT2D eigenvalue weighted by molar-refractivity contribution is 7.16. The highest BCUT2D eigenvalue weighted by atomic mass is 32.1. The van der Waals surface area contributed by atoms with E-state index >= 15 is 0 Å². The Morgan fingerprint density at radius 2 is 1.78 bits per heavy atom. The molecule has 8 heteroatoms. The Labute approximate surface area is 216 Å². The van der Waals surface area contributed by atoms with Gasteiger partial charge in [-0.1, -0.05) is 6.92 Å². The average Bonchev–Trinajstić information content (AvgIpc) is 3.24. The maximum atomic E-state index is 13.5. The number of rotatable bonds is 8. The highest BCUT2D eigenvalue weighted by Crippen LogP contribution is 2.43. The van der Waals surface area contributed by atoms with Crippen LogP contribution in [-0.2, 0) is 12.8 Å². The van der Waals surface area contributed by atoms with E-state index in [0.29, 0.717) is 33.7 Å². The maximum Gasteiger partial charge on any atom is 0.259 e. The lowest BCUT2D eigenvalue weighted by molar-refractivity contribution is 0.102. The first-order valence-corrected chi connectivity index (χ1v) is 12.7. The zero-order valence-corrected chi connectivity index (χ0v) is 22.5. The van der Waals surface area contributed by atoms with Crippen LogP contribution >= 0.6 is 11.3 Å². The minimum absolute atomic E-state index is 0.133. The number of nitrogens with zero attached hydrogens (tertiary/aromatic N) is 2. The molecule has 1 unspecified atom stereocenters. The summed E-state index contributed by atoms with van der Waals surface area (Å²) in [6.07, 6.45) is 4.63. The van der Waals surface area contributed by atoms with Gasteiger partial charge in [0.15, 0.2) is 11.5 Å². The van der Waals surface area contributed by atoms with Crippen molar-refractivity contribution in [3.63, 3.8) is 0 Å². The predicted molar refractivity (Wildman–Crippen MR) is 148 cm³/mol. The number of amides is 1. The van der Waals surface area contributed by atoms with Crippen LogP contribution in [0, 0.1) is 5.92 Å². The number of benzene rings is 2. The highest BCUT2D eigenvalue weighted by Gasteiger charge is 2.27. The fraction of sp³-hybridized carbons (Fsp3) is 0.357. The topological polar surface area (TPSA) is 72.4 Å². The summed E-state index contributed by atoms with van der Waals surface area (Å²) in [4.78, 5) is 21.6. The van der Waals surface area contributed by atoms with Crippen molar-refractivity contribution in [2.24, 2.45) is 10.9 Å². The van der Waals surface area contributed by atoms with Gasteiger partial charge in [0.05, 0.1) is 26.9 Å². The van der Waals surface area contributed by atoms with E-state index in [1.807, 2.05) is 55.4 Å². The molecule has 1 atom stereocenters. The molecule has 1 aliphatic rings. The number of carbonyl (C=O) groups is 1. The van der Waals surface area contributed by atoms with Crippen LogP contribution in [0.3, 0.4) is 0 Å². The molecule has 0 saturated carbocycles. The summed E-state index contributed by atoms with van der Waals surface area (Å²) in [6.45, 7) is 2.26. The smallest absolute Gasteiger partial charge is 0.259 e. The molecule has 36 heavy (non-hydrogen) atoms. The van der Waals surface area contributed by atoms with Gasteiger partial charge in [-0.15, -0.1) is 11.3 Å². The zero-order valence-electron chi connectivity index (χ0n) is 21.7. The molecule has 1 aliphatic carbocycles. The summed E-state index contributed by atoms with van der Waals surface area (Å²) in [6, 6.07) is 11.5. The van der Waals surface area contributed by atoms with Gasteiger partial charge in [0.25, 0.3) is 5.91 Å². The molecule has 0 aliphatic heterocycles. The normalized spacial score (nSPS) is 14.9. The summed E-state index contributed by atoms with van der Waals surface area (Å²) in [5.41, 5.74) is 4.34. The van der Waals surface area contributed by atoms with Crippen LogP contribution in [0.1, 0.15) is 39.7 Å². The lowest BCUT2D eigenvalue weighted by Gasteiger charge is -2.18. The van der Waals surface area contributed by atoms with Crippen molar-refractivity contribution in [3.05, 3.63) is 58.0 Å². The van der Waals surface area contributed by atoms with Crippen LogP contribution < -0.4 is 24.4 Å². The summed E-state index contributed by atoms with van der Waals surface area (Å²) < 4.78 is 16.5. The Morgan fingerprint density at radius 3 is 2.42 bits per heavy atom. The van der Waals surface area contributed by atoms with Crippen LogP contribution in [0.15, 0.2) is 41.4 Å². The third-order valence-corrected chi connectivity index (χ3v) is 7.58. The molecule has 0 radical (unpaired) electrons. The Kier molecular flexibility index (Phi) is 7.84. The van der Waals surface area contributed by atoms with Gasteiger partial charge < -0.3 is 24.4 Å². The van der Waals surface area contributed by atoms with E-state index in [1.165, 1.54) is 4.88 Å². The number of carbonyl (C=O) groups excluding carboxylic acids is 1. The molecule has 0 bridgehead atoms. The minimum atomic E-state index is -0.133. The first-order chi connectivity index (χ1) is 17.4. The molecule has 190 valence electrons. The second-order valence-electron chi connectivity index (χ2n) is 9.11. The minimum Gasteiger partial charge on any atom is -0.493 e. The van der Waals surface area contributed by atoms with Crippen LogP contribution in [0.2, 0.25) is 0 Å². The average molecular weight is 508 g/mol.